The van der Waals surface area contributed by atoms with Gasteiger partial charge in [-0.25, -0.2) is 4.79 Å². The topological polar surface area (TPSA) is 175 Å². The summed E-state index contributed by atoms with van der Waals surface area (Å²) in [6, 6.07) is 0. The van der Waals surface area contributed by atoms with Crippen molar-refractivity contribution < 1.29 is 58.2 Å². The minimum atomic E-state index is -1.93. The normalized spacial score (nSPS) is 18.7. The van der Waals surface area contributed by atoms with Crippen molar-refractivity contribution in [3.8, 4) is 0 Å². The molecule has 6 atom stereocenters. The molecule has 1 heterocycles. The van der Waals surface area contributed by atoms with Crippen LogP contribution in [0.3, 0.4) is 0 Å². The van der Waals surface area contributed by atoms with E-state index < -0.39 is 67.3 Å². The molecule has 0 spiro atoms. The van der Waals surface area contributed by atoms with Crippen LogP contribution in [0.15, 0.2) is 134 Å². The maximum Gasteiger partial charge on any atom is 0.335 e. The molecule has 1 saturated heterocycles. The molecule has 0 amide bonds. The zero-order valence-corrected chi connectivity index (χ0v) is 50.2. The number of carbonyl (C=O) groups is 4. The number of unbranched alkanes of at least 4 members (excludes halogenated alkanes) is 15. The molecule has 0 saturated carbocycles. The van der Waals surface area contributed by atoms with Crippen molar-refractivity contribution in [1.82, 2.24) is 0 Å². The molecule has 0 aromatic carbocycles. The monoisotopic (exact) mass is 1130 g/mol. The SMILES string of the molecule is CC/C=C\C/C=C\C/C=C\C/C=C\CCCCCCC(=O)OCC(COC1OC(C(=O)O)C(O)C(O)C1OC(=O)CCCCCCCC/C=C\C/C=C\C/C=C\CCCCC)OC(=O)CCCC/C=C\C/C=C\C/C=C\C/C=C\CC. The number of hydrogen-bond acceptors (Lipinski definition) is 11. The second-order valence-electron chi connectivity index (χ2n) is 20.6. The summed E-state index contributed by atoms with van der Waals surface area (Å²) in [4.78, 5) is 51.3. The third-order valence-electron chi connectivity index (χ3n) is 13.2. The van der Waals surface area contributed by atoms with Gasteiger partial charge in [-0.05, 0) is 135 Å². The Morgan fingerprint density at radius 1 is 0.420 bits per heavy atom. The fourth-order valence-electron chi connectivity index (χ4n) is 8.47. The summed E-state index contributed by atoms with van der Waals surface area (Å²) in [6.07, 6.45) is 65.5. The Morgan fingerprint density at radius 3 is 1.21 bits per heavy atom. The Bertz CT molecular complexity index is 1920. The highest BCUT2D eigenvalue weighted by Crippen LogP contribution is 2.26. The van der Waals surface area contributed by atoms with Crippen molar-refractivity contribution in [1.29, 1.82) is 0 Å². The number of hydrogen-bond donors (Lipinski definition) is 3. The second-order valence-corrected chi connectivity index (χ2v) is 20.6. The number of carboxylic acid groups (broad SMARTS) is 1. The van der Waals surface area contributed by atoms with Gasteiger partial charge in [0, 0.05) is 19.3 Å². The molecule has 1 rings (SSSR count). The summed E-state index contributed by atoms with van der Waals surface area (Å²) in [7, 11) is 0. The fourth-order valence-corrected chi connectivity index (χ4v) is 8.47. The van der Waals surface area contributed by atoms with E-state index in [0.29, 0.717) is 19.3 Å². The van der Waals surface area contributed by atoms with Crippen molar-refractivity contribution >= 4 is 23.9 Å². The summed E-state index contributed by atoms with van der Waals surface area (Å²) in [5, 5.41) is 31.6. The van der Waals surface area contributed by atoms with Crippen LogP contribution in [0, 0.1) is 0 Å². The van der Waals surface area contributed by atoms with E-state index in [1.807, 2.05) is 0 Å². The molecule has 1 aliphatic rings. The number of ether oxygens (including phenoxy) is 5. The van der Waals surface area contributed by atoms with Gasteiger partial charge in [-0.2, -0.15) is 0 Å². The van der Waals surface area contributed by atoms with Gasteiger partial charge in [0.1, 0.15) is 18.8 Å². The van der Waals surface area contributed by atoms with E-state index in [1.54, 1.807) is 0 Å². The molecule has 6 unspecified atom stereocenters. The predicted octanol–water partition coefficient (Wildman–Crippen LogP) is 16.6. The van der Waals surface area contributed by atoms with Gasteiger partial charge in [0.05, 0.1) is 6.61 Å². The molecule has 0 aliphatic carbocycles. The smallest absolute Gasteiger partial charge is 0.335 e. The van der Waals surface area contributed by atoms with Crippen molar-refractivity contribution in [3.63, 3.8) is 0 Å². The van der Waals surface area contributed by atoms with Crippen LogP contribution in [0.2, 0.25) is 0 Å². The van der Waals surface area contributed by atoms with Crippen LogP contribution in [0.4, 0.5) is 0 Å². The van der Waals surface area contributed by atoms with Crippen molar-refractivity contribution in [3.05, 3.63) is 134 Å². The third-order valence-corrected chi connectivity index (χ3v) is 13.2. The van der Waals surface area contributed by atoms with Crippen LogP contribution >= 0.6 is 0 Å². The Balaban J connectivity index is 2.73. The van der Waals surface area contributed by atoms with Crippen LogP contribution in [0.25, 0.3) is 0 Å². The van der Waals surface area contributed by atoms with Crippen LogP contribution < -0.4 is 0 Å². The molecular weight excluding hydrogens is 1020 g/mol. The van der Waals surface area contributed by atoms with E-state index in [9.17, 15) is 34.5 Å². The molecule has 0 bridgehead atoms. The highest BCUT2D eigenvalue weighted by molar-refractivity contribution is 5.74. The quantitative estimate of drug-likeness (QED) is 0.0228. The summed E-state index contributed by atoms with van der Waals surface area (Å²) in [5.41, 5.74) is 0. The standard InChI is InChI=1S/C69H108O12/c1-4-7-10-13-16-19-22-25-28-30-31-33-36-39-42-45-48-51-54-57-63(72)80-67-65(74)64(73)66(68(75)76)81-69(67)78-59-60(79-62(71)56-53-50-47-44-41-38-34-27-24-21-18-15-12-9-6-3)58-77-61(70)55-52-49-46-43-40-37-35-32-29-26-23-20-17-14-11-8-5-2/h8-9,11-12,16-21,25-29,31,33-35,37,41,44,60,64-67,69,73-74H,4-7,10,13-15,22-24,30,32,36,38-40,42-43,45-59H2,1-3H3,(H,75,76)/b11-8-,12-9-,19-16-,20-17-,21-18-,28-25-,29-26-,33-31-,34-27-,37-35-,44-41-. The Kier molecular flexibility index (Phi) is 50.5. The number of aliphatic hydroxyl groups is 2. The van der Waals surface area contributed by atoms with E-state index in [1.165, 1.54) is 19.3 Å². The van der Waals surface area contributed by atoms with Crippen LogP contribution in [-0.2, 0) is 42.9 Å². The minimum absolute atomic E-state index is 0.0308. The number of allylic oxidation sites excluding steroid dienone is 22. The first kappa shape index (κ1) is 73.9. The maximum atomic E-state index is 13.2. The zero-order chi connectivity index (χ0) is 58.9. The Hall–Kier alpha value is -5.14. The van der Waals surface area contributed by atoms with Crippen LogP contribution in [0.1, 0.15) is 226 Å². The molecule has 81 heavy (non-hydrogen) atoms. The summed E-state index contributed by atoms with van der Waals surface area (Å²) < 4.78 is 28.4. The summed E-state index contributed by atoms with van der Waals surface area (Å²) >= 11 is 0. The molecule has 0 aromatic heterocycles. The Labute approximate surface area is 490 Å². The molecule has 1 fully saturated rings. The van der Waals surface area contributed by atoms with Crippen molar-refractivity contribution in [2.24, 2.45) is 0 Å². The van der Waals surface area contributed by atoms with Gasteiger partial charge in [0.25, 0.3) is 0 Å². The zero-order valence-electron chi connectivity index (χ0n) is 50.2. The lowest BCUT2D eigenvalue weighted by molar-refractivity contribution is -0.301. The third kappa shape index (κ3) is 45.1. The number of esters is 3. The minimum Gasteiger partial charge on any atom is -0.479 e. The molecule has 12 heteroatoms. The van der Waals surface area contributed by atoms with Gasteiger partial charge in [0.15, 0.2) is 24.6 Å². The van der Waals surface area contributed by atoms with Crippen LogP contribution in [0.5, 0.6) is 0 Å². The number of rotatable bonds is 51. The van der Waals surface area contributed by atoms with E-state index in [4.69, 9.17) is 23.7 Å². The van der Waals surface area contributed by atoms with Crippen molar-refractivity contribution in [2.45, 2.75) is 263 Å². The molecule has 1 aliphatic heterocycles. The van der Waals surface area contributed by atoms with E-state index >= 15 is 0 Å². The molecule has 0 radical (unpaired) electrons. The van der Waals surface area contributed by atoms with Gasteiger partial charge in [-0.3, -0.25) is 14.4 Å². The fraction of sp³-hybridized carbons (Fsp3) is 0.623. The molecule has 0 aromatic rings. The average Bonchev–Trinajstić information content (AvgIpc) is 3.53. The Morgan fingerprint density at radius 2 is 0.778 bits per heavy atom. The average molecular weight is 1130 g/mol. The maximum absolute atomic E-state index is 13.2. The molecular formula is C69H108O12. The summed E-state index contributed by atoms with van der Waals surface area (Å²) in [5.74, 6) is -3.24. The van der Waals surface area contributed by atoms with Crippen molar-refractivity contribution in [2.75, 3.05) is 13.2 Å². The lowest BCUT2D eigenvalue weighted by atomic mass is 9.98. The lowest BCUT2D eigenvalue weighted by Crippen LogP contribution is -2.61. The number of aliphatic hydroxyl groups excluding tert-OH is 2. The first-order valence-electron chi connectivity index (χ1n) is 31.2. The largest absolute Gasteiger partial charge is 0.479 e. The second kappa shape index (κ2) is 55.4. The van der Waals surface area contributed by atoms with E-state index in [0.717, 1.165) is 148 Å². The summed E-state index contributed by atoms with van der Waals surface area (Å²) in [6.45, 7) is 5.67. The van der Waals surface area contributed by atoms with Gasteiger partial charge < -0.3 is 39.0 Å². The first-order chi connectivity index (χ1) is 39.6. The first-order valence-corrected chi connectivity index (χ1v) is 31.2. The molecule has 456 valence electrons. The molecule has 3 N–H and O–H groups in total. The van der Waals surface area contributed by atoms with E-state index in [-0.39, 0.29) is 25.9 Å². The predicted molar refractivity (Wildman–Crippen MR) is 330 cm³/mol. The highest BCUT2D eigenvalue weighted by atomic mass is 16.7. The number of carbonyl (C=O) groups excluding carboxylic acids is 3. The van der Waals surface area contributed by atoms with Gasteiger partial charge in [0.2, 0.25) is 0 Å². The van der Waals surface area contributed by atoms with E-state index in [2.05, 4.69) is 154 Å². The van der Waals surface area contributed by atoms with Crippen LogP contribution in [-0.4, -0.2) is 89.2 Å². The van der Waals surface area contributed by atoms with Gasteiger partial charge in [-0.15, -0.1) is 0 Å². The highest BCUT2D eigenvalue weighted by Gasteiger charge is 2.50. The van der Waals surface area contributed by atoms with Gasteiger partial charge >= 0.3 is 23.9 Å². The number of carboxylic acids is 1. The van der Waals surface area contributed by atoms with Gasteiger partial charge in [-0.1, -0.05) is 206 Å². The molecule has 12 nitrogen and oxygen atoms in total. The number of aliphatic carboxylic acids is 1. The lowest BCUT2D eigenvalue weighted by Gasteiger charge is -2.40.